The SMILES string of the molecule is CCSC(C(=O)NCCN1C(=O)CCC1=O)C(C)C. The van der Waals surface area contributed by atoms with Gasteiger partial charge >= 0.3 is 0 Å². The van der Waals surface area contributed by atoms with Crippen molar-refractivity contribution in [1.82, 2.24) is 10.2 Å². The summed E-state index contributed by atoms with van der Waals surface area (Å²) in [4.78, 5) is 36.0. The van der Waals surface area contributed by atoms with E-state index in [9.17, 15) is 14.4 Å². The molecular weight excluding hydrogens is 264 g/mol. The van der Waals surface area contributed by atoms with Crippen molar-refractivity contribution < 1.29 is 14.4 Å². The molecule has 1 heterocycles. The molecule has 0 spiro atoms. The van der Waals surface area contributed by atoms with Crippen LogP contribution in [0, 0.1) is 5.92 Å². The fourth-order valence-corrected chi connectivity index (χ4v) is 2.99. The van der Waals surface area contributed by atoms with Gasteiger partial charge in [0.25, 0.3) is 0 Å². The summed E-state index contributed by atoms with van der Waals surface area (Å²) in [5.74, 6) is 0.866. The first-order chi connectivity index (χ1) is 8.97. The Morgan fingerprint density at radius 2 is 1.89 bits per heavy atom. The molecule has 19 heavy (non-hydrogen) atoms. The van der Waals surface area contributed by atoms with Gasteiger partial charge in [-0.25, -0.2) is 0 Å². The molecule has 0 bridgehead atoms. The number of hydrogen-bond donors (Lipinski definition) is 1. The third-order valence-corrected chi connectivity index (χ3v) is 4.45. The number of nitrogens with zero attached hydrogens (tertiary/aromatic N) is 1. The van der Waals surface area contributed by atoms with E-state index >= 15 is 0 Å². The molecule has 1 aliphatic heterocycles. The molecule has 0 aromatic rings. The van der Waals surface area contributed by atoms with Crippen molar-refractivity contribution in [2.75, 3.05) is 18.8 Å². The molecule has 0 aromatic heterocycles. The molecule has 0 aromatic carbocycles. The maximum atomic E-state index is 12.0. The summed E-state index contributed by atoms with van der Waals surface area (Å²) in [6.45, 7) is 6.67. The quantitative estimate of drug-likeness (QED) is 0.710. The molecule has 5 nitrogen and oxygen atoms in total. The van der Waals surface area contributed by atoms with Gasteiger partial charge in [0.15, 0.2) is 0 Å². The molecule has 1 rings (SSSR count). The zero-order valence-corrected chi connectivity index (χ0v) is 12.6. The molecule has 0 radical (unpaired) electrons. The molecule has 0 saturated carbocycles. The minimum atomic E-state index is -0.136. The smallest absolute Gasteiger partial charge is 0.233 e. The zero-order valence-electron chi connectivity index (χ0n) is 11.8. The van der Waals surface area contributed by atoms with Crippen LogP contribution in [-0.2, 0) is 14.4 Å². The Kier molecular flexibility index (Phi) is 6.34. The van der Waals surface area contributed by atoms with Crippen LogP contribution in [0.15, 0.2) is 0 Å². The molecule has 1 saturated heterocycles. The summed E-state index contributed by atoms with van der Waals surface area (Å²) in [5, 5.41) is 2.74. The lowest BCUT2D eigenvalue weighted by Gasteiger charge is -2.20. The maximum Gasteiger partial charge on any atom is 0.233 e. The number of rotatable bonds is 7. The van der Waals surface area contributed by atoms with Gasteiger partial charge in [0.2, 0.25) is 17.7 Å². The third-order valence-electron chi connectivity index (χ3n) is 3.00. The summed E-state index contributed by atoms with van der Waals surface area (Å²) in [6.07, 6.45) is 0.597. The summed E-state index contributed by atoms with van der Waals surface area (Å²) >= 11 is 1.62. The molecule has 1 atom stereocenters. The summed E-state index contributed by atoms with van der Waals surface area (Å²) in [6, 6.07) is 0. The first-order valence-corrected chi connectivity index (χ1v) is 7.74. The van der Waals surface area contributed by atoms with E-state index in [4.69, 9.17) is 0 Å². The van der Waals surface area contributed by atoms with Crippen LogP contribution in [0.3, 0.4) is 0 Å². The molecule has 6 heteroatoms. The van der Waals surface area contributed by atoms with Crippen molar-refractivity contribution in [3.8, 4) is 0 Å². The van der Waals surface area contributed by atoms with Gasteiger partial charge < -0.3 is 5.32 Å². The van der Waals surface area contributed by atoms with E-state index in [0.717, 1.165) is 5.75 Å². The number of likely N-dealkylation sites (tertiary alicyclic amines) is 1. The Labute approximate surface area is 118 Å². The van der Waals surface area contributed by atoms with Crippen LogP contribution in [0.5, 0.6) is 0 Å². The number of thioether (sulfide) groups is 1. The number of carbonyl (C=O) groups excluding carboxylic acids is 3. The van der Waals surface area contributed by atoms with Crippen molar-refractivity contribution in [3.63, 3.8) is 0 Å². The maximum absolute atomic E-state index is 12.0. The molecule has 108 valence electrons. The highest BCUT2D eigenvalue weighted by Crippen LogP contribution is 2.19. The van der Waals surface area contributed by atoms with Crippen molar-refractivity contribution in [1.29, 1.82) is 0 Å². The highest BCUT2D eigenvalue weighted by Gasteiger charge is 2.28. The fraction of sp³-hybridized carbons (Fsp3) is 0.769. The van der Waals surface area contributed by atoms with Crippen LogP contribution in [-0.4, -0.2) is 46.7 Å². The molecule has 1 N–H and O–H groups in total. The average molecular weight is 286 g/mol. The number of amides is 3. The van der Waals surface area contributed by atoms with Crippen molar-refractivity contribution in [3.05, 3.63) is 0 Å². The third kappa shape index (κ3) is 4.53. The Hall–Kier alpha value is -1.04. The second-order valence-corrected chi connectivity index (χ2v) is 6.27. The van der Waals surface area contributed by atoms with E-state index in [1.54, 1.807) is 11.8 Å². The van der Waals surface area contributed by atoms with E-state index in [-0.39, 0.29) is 35.4 Å². The Morgan fingerprint density at radius 3 is 2.37 bits per heavy atom. The topological polar surface area (TPSA) is 66.5 Å². The van der Waals surface area contributed by atoms with Gasteiger partial charge in [0.1, 0.15) is 0 Å². The van der Waals surface area contributed by atoms with E-state index in [1.165, 1.54) is 4.90 Å². The van der Waals surface area contributed by atoms with Crippen LogP contribution in [0.1, 0.15) is 33.6 Å². The standard InChI is InChI=1S/C13H22N2O3S/c1-4-19-12(9(2)3)13(18)14-7-8-15-10(16)5-6-11(15)17/h9,12H,4-8H2,1-3H3,(H,14,18). The lowest BCUT2D eigenvalue weighted by Crippen LogP contribution is -2.41. The summed E-state index contributed by atoms with van der Waals surface area (Å²) in [7, 11) is 0. The molecule has 3 amide bonds. The highest BCUT2D eigenvalue weighted by atomic mass is 32.2. The molecule has 1 fully saturated rings. The van der Waals surface area contributed by atoms with E-state index in [0.29, 0.717) is 19.4 Å². The average Bonchev–Trinajstić information content (AvgIpc) is 2.66. The van der Waals surface area contributed by atoms with Gasteiger partial charge in [0.05, 0.1) is 5.25 Å². The van der Waals surface area contributed by atoms with Gasteiger partial charge in [0, 0.05) is 25.9 Å². The minimum Gasteiger partial charge on any atom is -0.353 e. The lowest BCUT2D eigenvalue weighted by molar-refractivity contribution is -0.138. The first kappa shape index (κ1) is 16.0. The Morgan fingerprint density at radius 1 is 1.32 bits per heavy atom. The summed E-state index contributed by atoms with van der Waals surface area (Å²) < 4.78 is 0. The highest BCUT2D eigenvalue weighted by molar-refractivity contribution is 8.00. The van der Waals surface area contributed by atoms with Crippen LogP contribution in [0.25, 0.3) is 0 Å². The van der Waals surface area contributed by atoms with Crippen molar-refractivity contribution in [2.45, 2.75) is 38.9 Å². The molecule has 1 unspecified atom stereocenters. The summed E-state index contributed by atoms with van der Waals surface area (Å²) in [5.41, 5.74) is 0. The van der Waals surface area contributed by atoms with E-state index in [2.05, 4.69) is 5.32 Å². The zero-order chi connectivity index (χ0) is 14.4. The van der Waals surface area contributed by atoms with Gasteiger partial charge in [-0.05, 0) is 11.7 Å². The lowest BCUT2D eigenvalue weighted by atomic mass is 10.1. The number of nitrogens with one attached hydrogen (secondary N) is 1. The number of imide groups is 1. The van der Waals surface area contributed by atoms with E-state index < -0.39 is 0 Å². The molecule has 0 aliphatic carbocycles. The Balaban J connectivity index is 2.37. The van der Waals surface area contributed by atoms with Crippen molar-refractivity contribution in [2.24, 2.45) is 5.92 Å². The monoisotopic (exact) mass is 286 g/mol. The van der Waals surface area contributed by atoms with Crippen LogP contribution in [0.2, 0.25) is 0 Å². The van der Waals surface area contributed by atoms with Crippen LogP contribution >= 0.6 is 11.8 Å². The second kappa shape index (κ2) is 7.53. The predicted molar refractivity (Wildman–Crippen MR) is 75.7 cm³/mol. The molecule has 1 aliphatic rings. The minimum absolute atomic E-state index is 0.0130. The van der Waals surface area contributed by atoms with E-state index in [1.807, 2.05) is 20.8 Å². The predicted octanol–water partition coefficient (Wildman–Crippen LogP) is 1.03. The van der Waals surface area contributed by atoms with Crippen molar-refractivity contribution >= 4 is 29.5 Å². The van der Waals surface area contributed by atoms with Crippen LogP contribution < -0.4 is 5.32 Å². The van der Waals surface area contributed by atoms with Gasteiger partial charge in [-0.3, -0.25) is 19.3 Å². The van der Waals surface area contributed by atoms with Gasteiger partial charge in [-0.2, -0.15) is 0 Å². The molecular formula is C13H22N2O3S. The Bertz CT molecular complexity index is 342. The normalized spacial score (nSPS) is 17.2. The van der Waals surface area contributed by atoms with Gasteiger partial charge in [-0.15, -0.1) is 11.8 Å². The number of carbonyl (C=O) groups is 3. The van der Waals surface area contributed by atoms with Gasteiger partial charge in [-0.1, -0.05) is 20.8 Å². The fourth-order valence-electron chi connectivity index (χ4n) is 2.01. The van der Waals surface area contributed by atoms with Crippen LogP contribution in [0.4, 0.5) is 0 Å². The largest absolute Gasteiger partial charge is 0.353 e. The number of hydrogen-bond acceptors (Lipinski definition) is 4. The first-order valence-electron chi connectivity index (χ1n) is 6.69. The second-order valence-electron chi connectivity index (χ2n) is 4.85.